The van der Waals surface area contributed by atoms with Crippen molar-refractivity contribution in [3.63, 3.8) is 0 Å². The maximum Gasteiger partial charge on any atom is 0.145 e. The molecule has 1 aliphatic rings. The van der Waals surface area contributed by atoms with Crippen LogP contribution >= 0.6 is 0 Å². The van der Waals surface area contributed by atoms with E-state index in [1.165, 1.54) is 36.0 Å². The van der Waals surface area contributed by atoms with Crippen molar-refractivity contribution in [3.05, 3.63) is 46.9 Å². The van der Waals surface area contributed by atoms with Crippen LogP contribution in [0.1, 0.15) is 42.0 Å². The van der Waals surface area contributed by atoms with Gasteiger partial charge in [-0.25, -0.2) is 9.97 Å². The van der Waals surface area contributed by atoms with Crippen LogP contribution in [0, 0.1) is 6.92 Å². The minimum absolute atomic E-state index is 0.131. The summed E-state index contributed by atoms with van der Waals surface area (Å²) in [4.78, 5) is 8.99. The Morgan fingerprint density at radius 3 is 2.68 bits per heavy atom. The summed E-state index contributed by atoms with van der Waals surface area (Å²) in [5.41, 5.74) is 12.0. The second-order valence-electron chi connectivity index (χ2n) is 5.38. The predicted molar refractivity (Wildman–Crippen MR) is 76.8 cm³/mol. The van der Waals surface area contributed by atoms with Crippen LogP contribution in [0.5, 0.6) is 0 Å². The first kappa shape index (κ1) is 12.3. The van der Waals surface area contributed by atoms with E-state index >= 15 is 0 Å². The van der Waals surface area contributed by atoms with Crippen LogP contribution in [0.15, 0.2) is 24.3 Å². The zero-order valence-corrected chi connectivity index (χ0v) is 11.5. The van der Waals surface area contributed by atoms with Gasteiger partial charge in [-0.3, -0.25) is 0 Å². The number of rotatable bonds is 2. The van der Waals surface area contributed by atoms with Crippen LogP contribution in [0.2, 0.25) is 0 Å². The SMILES string of the molecule is Cc1cc(-c2ccc3c(c2)CCC3)nc(C(C)N)n1. The van der Waals surface area contributed by atoms with Crippen molar-refractivity contribution >= 4 is 0 Å². The van der Waals surface area contributed by atoms with E-state index in [4.69, 9.17) is 5.73 Å². The molecule has 3 heteroatoms. The molecule has 3 nitrogen and oxygen atoms in total. The molecule has 1 atom stereocenters. The van der Waals surface area contributed by atoms with Crippen molar-refractivity contribution < 1.29 is 0 Å². The van der Waals surface area contributed by atoms with E-state index in [0.717, 1.165) is 17.2 Å². The molecule has 0 spiro atoms. The third-order valence-electron chi connectivity index (χ3n) is 3.67. The molecular weight excluding hydrogens is 234 g/mol. The van der Waals surface area contributed by atoms with Gasteiger partial charge in [0.1, 0.15) is 5.82 Å². The van der Waals surface area contributed by atoms with Gasteiger partial charge in [0.25, 0.3) is 0 Å². The van der Waals surface area contributed by atoms with Crippen molar-refractivity contribution in [2.24, 2.45) is 5.73 Å². The molecule has 2 N–H and O–H groups in total. The third-order valence-corrected chi connectivity index (χ3v) is 3.67. The Morgan fingerprint density at radius 2 is 1.89 bits per heavy atom. The molecule has 0 saturated carbocycles. The molecule has 1 heterocycles. The molecule has 0 saturated heterocycles. The lowest BCUT2D eigenvalue weighted by molar-refractivity contribution is 0.735. The summed E-state index contributed by atoms with van der Waals surface area (Å²) in [5, 5.41) is 0. The minimum atomic E-state index is -0.131. The summed E-state index contributed by atoms with van der Waals surface area (Å²) in [6.45, 7) is 3.91. The molecule has 1 unspecified atom stereocenters. The number of fused-ring (bicyclic) bond motifs is 1. The number of aromatic nitrogens is 2. The predicted octanol–water partition coefficient (Wildman–Crippen LogP) is 2.96. The highest BCUT2D eigenvalue weighted by molar-refractivity contribution is 5.62. The molecular formula is C16H19N3. The first-order valence-corrected chi connectivity index (χ1v) is 6.87. The molecule has 2 aromatic rings. The Hall–Kier alpha value is -1.74. The summed E-state index contributed by atoms with van der Waals surface area (Å²) >= 11 is 0. The Labute approximate surface area is 113 Å². The molecule has 0 aliphatic heterocycles. The summed E-state index contributed by atoms with van der Waals surface area (Å²) in [6, 6.07) is 8.57. The largest absolute Gasteiger partial charge is 0.322 e. The maximum atomic E-state index is 5.89. The second kappa shape index (κ2) is 4.74. The van der Waals surface area contributed by atoms with Crippen molar-refractivity contribution in [2.75, 3.05) is 0 Å². The number of benzene rings is 1. The summed E-state index contributed by atoms with van der Waals surface area (Å²) in [7, 11) is 0. The third kappa shape index (κ3) is 2.38. The average molecular weight is 253 g/mol. The van der Waals surface area contributed by atoms with Crippen molar-refractivity contribution in [1.82, 2.24) is 9.97 Å². The van der Waals surface area contributed by atoms with Gasteiger partial charge < -0.3 is 5.73 Å². The molecule has 19 heavy (non-hydrogen) atoms. The van der Waals surface area contributed by atoms with E-state index in [1.807, 2.05) is 19.9 Å². The van der Waals surface area contributed by atoms with Gasteiger partial charge >= 0.3 is 0 Å². The van der Waals surface area contributed by atoms with E-state index in [0.29, 0.717) is 0 Å². The summed E-state index contributed by atoms with van der Waals surface area (Å²) < 4.78 is 0. The van der Waals surface area contributed by atoms with Gasteiger partial charge in [0, 0.05) is 11.3 Å². The minimum Gasteiger partial charge on any atom is -0.322 e. The van der Waals surface area contributed by atoms with E-state index in [-0.39, 0.29) is 6.04 Å². The lowest BCUT2D eigenvalue weighted by atomic mass is 10.0. The Balaban J connectivity index is 2.06. The quantitative estimate of drug-likeness (QED) is 0.895. The first-order valence-electron chi connectivity index (χ1n) is 6.87. The Bertz CT molecular complexity index is 617. The van der Waals surface area contributed by atoms with Gasteiger partial charge in [0.05, 0.1) is 11.7 Å². The zero-order valence-electron chi connectivity index (χ0n) is 11.5. The monoisotopic (exact) mass is 253 g/mol. The van der Waals surface area contributed by atoms with Gasteiger partial charge in [-0.2, -0.15) is 0 Å². The highest BCUT2D eigenvalue weighted by Gasteiger charge is 2.13. The van der Waals surface area contributed by atoms with Gasteiger partial charge in [0.15, 0.2) is 0 Å². The topological polar surface area (TPSA) is 51.8 Å². The van der Waals surface area contributed by atoms with Crippen LogP contribution in [0.3, 0.4) is 0 Å². The number of nitrogens with zero attached hydrogens (tertiary/aromatic N) is 2. The molecule has 0 fully saturated rings. The molecule has 1 aromatic heterocycles. The summed E-state index contributed by atoms with van der Waals surface area (Å²) in [6.07, 6.45) is 3.67. The fraction of sp³-hybridized carbons (Fsp3) is 0.375. The molecule has 0 radical (unpaired) electrons. The standard InChI is InChI=1S/C16H19N3/c1-10-8-15(19-16(18-10)11(2)17)14-7-6-12-4-3-5-13(12)9-14/h6-9,11H,3-5,17H2,1-2H3. The average Bonchev–Trinajstić information content (AvgIpc) is 2.85. The Morgan fingerprint density at radius 1 is 1.11 bits per heavy atom. The Kier molecular flexibility index (Phi) is 3.07. The fourth-order valence-electron chi connectivity index (χ4n) is 2.67. The molecule has 98 valence electrons. The first-order chi connectivity index (χ1) is 9.13. The van der Waals surface area contributed by atoms with E-state index in [9.17, 15) is 0 Å². The van der Waals surface area contributed by atoms with Crippen molar-refractivity contribution in [1.29, 1.82) is 0 Å². The van der Waals surface area contributed by atoms with Crippen molar-refractivity contribution in [3.8, 4) is 11.3 Å². The number of hydrogen-bond acceptors (Lipinski definition) is 3. The second-order valence-corrected chi connectivity index (χ2v) is 5.38. The fourth-order valence-corrected chi connectivity index (χ4v) is 2.67. The molecule has 3 rings (SSSR count). The molecule has 0 amide bonds. The number of hydrogen-bond donors (Lipinski definition) is 1. The molecule has 0 bridgehead atoms. The van der Waals surface area contributed by atoms with E-state index in [2.05, 4.69) is 28.2 Å². The van der Waals surface area contributed by atoms with Crippen LogP contribution in [-0.2, 0) is 12.8 Å². The van der Waals surface area contributed by atoms with Crippen LogP contribution in [0.25, 0.3) is 11.3 Å². The zero-order chi connectivity index (χ0) is 13.4. The van der Waals surface area contributed by atoms with Gasteiger partial charge in [0.2, 0.25) is 0 Å². The lowest BCUT2D eigenvalue weighted by Crippen LogP contribution is -2.11. The molecule has 1 aromatic carbocycles. The smallest absolute Gasteiger partial charge is 0.145 e. The number of nitrogens with two attached hydrogens (primary N) is 1. The van der Waals surface area contributed by atoms with Crippen LogP contribution < -0.4 is 5.73 Å². The maximum absolute atomic E-state index is 5.89. The van der Waals surface area contributed by atoms with Gasteiger partial charge in [-0.05, 0) is 56.4 Å². The van der Waals surface area contributed by atoms with E-state index < -0.39 is 0 Å². The lowest BCUT2D eigenvalue weighted by Gasteiger charge is -2.09. The van der Waals surface area contributed by atoms with Gasteiger partial charge in [-0.1, -0.05) is 12.1 Å². The van der Waals surface area contributed by atoms with E-state index in [1.54, 1.807) is 0 Å². The highest BCUT2D eigenvalue weighted by atomic mass is 14.9. The summed E-state index contributed by atoms with van der Waals surface area (Å²) in [5.74, 6) is 0.718. The van der Waals surface area contributed by atoms with Crippen LogP contribution in [0.4, 0.5) is 0 Å². The normalized spacial score (nSPS) is 15.3. The van der Waals surface area contributed by atoms with Crippen LogP contribution in [-0.4, -0.2) is 9.97 Å². The van der Waals surface area contributed by atoms with Crippen molar-refractivity contribution in [2.45, 2.75) is 39.2 Å². The van der Waals surface area contributed by atoms with Gasteiger partial charge in [-0.15, -0.1) is 0 Å². The highest BCUT2D eigenvalue weighted by Crippen LogP contribution is 2.27. The number of aryl methyl sites for hydroxylation is 3. The molecule has 1 aliphatic carbocycles.